The van der Waals surface area contributed by atoms with Crippen LogP contribution in [0.25, 0.3) is 0 Å². The van der Waals surface area contributed by atoms with Gasteiger partial charge in [0.15, 0.2) is 5.78 Å². The summed E-state index contributed by atoms with van der Waals surface area (Å²) in [5.41, 5.74) is 2.21. The zero-order valence-electron chi connectivity index (χ0n) is 12.6. The molecular formula is C19H22O2. The van der Waals surface area contributed by atoms with Crippen molar-refractivity contribution < 1.29 is 9.90 Å². The number of benzene rings is 2. The van der Waals surface area contributed by atoms with Crippen molar-refractivity contribution in [3.8, 4) is 0 Å². The fraction of sp³-hybridized carbons (Fsp3) is 0.316. The minimum absolute atomic E-state index is 0.0128. The lowest BCUT2D eigenvalue weighted by atomic mass is 9.97. The molecule has 1 N–H and O–H groups in total. The number of carbonyl (C=O) groups is 1. The maximum atomic E-state index is 12.3. The summed E-state index contributed by atoms with van der Waals surface area (Å²) in [5, 5.41) is 10.1. The summed E-state index contributed by atoms with van der Waals surface area (Å²) >= 11 is 0. The zero-order valence-corrected chi connectivity index (χ0v) is 12.6. The summed E-state index contributed by atoms with van der Waals surface area (Å²) in [7, 11) is 0. The van der Waals surface area contributed by atoms with E-state index in [1.165, 1.54) is 0 Å². The summed E-state index contributed by atoms with van der Waals surface area (Å²) in [5.74, 6) is 0.595. The normalized spacial score (nSPS) is 12.4. The zero-order chi connectivity index (χ0) is 15.2. The fourth-order valence-corrected chi connectivity index (χ4v) is 2.27. The van der Waals surface area contributed by atoms with E-state index in [1.807, 2.05) is 42.5 Å². The molecule has 1 unspecified atom stereocenters. The van der Waals surface area contributed by atoms with E-state index < -0.39 is 6.10 Å². The maximum Gasteiger partial charge on any atom is 0.193 e. The highest BCUT2D eigenvalue weighted by atomic mass is 16.3. The molecule has 2 aromatic carbocycles. The predicted molar refractivity (Wildman–Crippen MR) is 85.3 cm³/mol. The van der Waals surface area contributed by atoms with Crippen molar-refractivity contribution in [3.63, 3.8) is 0 Å². The van der Waals surface area contributed by atoms with Crippen LogP contribution in [-0.4, -0.2) is 10.9 Å². The van der Waals surface area contributed by atoms with Gasteiger partial charge in [0, 0.05) is 11.1 Å². The molecule has 110 valence electrons. The Morgan fingerprint density at radius 3 is 2.05 bits per heavy atom. The van der Waals surface area contributed by atoms with Gasteiger partial charge in [-0.1, -0.05) is 68.4 Å². The quantitative estimate of drug-likeness (QED) is 0.798. The van der Waals surface area contributed by atoms with Crippen LogP contribution in [0, 0.1) is 5.92 Å². The summed E-state index contributed by atoms with van der Waals surface area (Å²) in [4.78, 5) is 12.3. The first-order chi connectivity index (χ1) is 10.1. The molecule has 0 radical (unpaired) electrons. The van der Waals surface area contributed by atoms with E-state index in [-0.39, 0.29) is 5.78 Å². The molecule has 0 aromatic heterocycles. The monoisotopic (exact) mass is 282 g/mol. The van der Waals surface area contributed by atoms with Crippen LogP contribution in [0.15, 0.2) is 54.6 Å². The largest absolute Gasteiger partial charge is 0.388 e. The molecule has 0 fully saturated rings. The second-order valence-electron chi connectivity index (χ2n) is 5.80. The number of ketones is 1. The molecule has 2 aromatic rings. The van der Waals surface area contributed by atoms with Crippen molar-refractivity contribution in [2.45, 2.75) is 32.8 Å². The smallest absolute Gasteiger partial charge is 0.193 e. The number of carbonyl (C=O) groups excluding carboxylic acids is 1. The molecule has 0 spiro atoms. The minimum atomic E-state index is -0.451. The number of aliphatic hydroxyl groups excluding tert-OH is 1. The summed E-state index contributed by atoms with van der Waals surface area (Å²) in [6.07, 6.45) is 1.29. The van der Waals surface area contributed by atoms with Gasteiger partial charge in [0.05, 0.1) is 6.10 Å². The number of hydrogen-bond acceptors (Lipinski definition) is 2. The van der Waals surface area contributed by atoms with Crippen LogP contribution in [0.2, 0.25) is 0 Å². The average molecular weight is 282 g/mol. The number of aliphatic hydroxyl groups is 1. The van der Waals surface area contributed by atoms with E-state index >= 15 is 0 Å². The van der Waals surface area contributed by atoms with Crippen molar-refractivity contribution in [3.05, 3.63) is 71.3 Å². The second-order valence-corrected chi connectivity index (χ2v) is 5.80. The third kappa shape index (κ3) is 4.27. The van der Waals surface area contributed by atoms with E-state index in [9.17, 15) is 9.90 Å². The molecule has 0 saturated heterocycles. The third-order valence-electron chi connectivity index (χ3n) is 3.61. The van der Waals surface area contributed by atoms with Crippen molar-refractivity contribution in [2.24, 2.45) is 5.92 Å². The first kappa shape index (κ1) is 15.5. The highest BCUT2D eigenvalue weighted by molar-refractivity contribution is 6.08. The highest BCUT2D eigenvalue weighted by Gasteiger charge is 2.11. The molecule has 0 aliphatic carbocycles. The van der Waals surface area contributed by atoms with E-state index in [2.05, 4.69) is 13.8 Å². The van der Waals surface area contributed by atoms with Gasteiger partial charge in [-0.25, -0.2) is 0 Å². The first-order valence-corrected chi connectivity index (χ1v) is 7.45. The molecule has 0 aliphatic heterocycles. The fourth-order valence-electron chi connectivity index (χ4n) is 2.27. The predicted octanol–water partition coefficient (Wildman–Crippen LogP) is 4.39. The van der Waals surface area contributed by atoms with Gasteiger partial charge >= 0.3 is 0 Å². The van der Waals surface area contributed by atoms with Crippen LogP contribution in [0.4, 0.5) is 0 Å². The molecule has 0 bridgehead atoms. The molecule has 0 heterocycles. The van der Waals surface area contributed by atoms with Crippen molar-refractivity contribution in [2.75, 3.05) is 0 Å². The van der Waals surface area contributed by atoms with Gasteiger partial charge in [-0.3, -0.25) is 4.79 Å². The van der Waals surface area contributed by atoms with Crippen molar-refractivity contribution in [1.29, 1.82) is 0 Å². The van der Waals surface area contributed by atoms with Crippen LogP contribution in [-0.2, 0) is 0 Å². The Bertz CT molecular complexity index is 570. The Morgan fingerprint density at radius 2 is 1.48 bits per heavy atom. The molecule has 2 rings (SSSR count). The van der Waals surface area contributed by atoms with Gasteiger partial charge in [0.1, 0.15) is 0 Å². The van der Waals surface area contributed by atoms with Crippen LogP contribution >= 0.6 is 0 Å². The Morgan fingerprint density at radius 1 is 0.905 bits per heavy atom. The molecule has 0 saturated carbocycles. The van der Waals surface area contributed by atoms with E-state index in [1.54, 1.807) is 12.1 Å². The van der Waals surface area contributed by atoms with E-state index in [0.717, 1.165) is 18.4 Å². The van der Waals surface area contributed by atoms with E-state index in [4.69, 9.17) is 0 Å². The molecule has 2 heteroatoms. The first-order valence-electron chi connectivity index (χ1n) is 7.45. The Kier molecular flexibility index (Phi) is 5.29. The van der Waals surface area contributed by atoms with Crippen LogP contribution in [0.5, 0.6) is 0 Å². The van der Waals surface area contributed by atoms with Gasteiger partial charge in [0.25, 0.3) is 0 Å². The van der Waals surface area contributed by atoms with Gasteiger partial charge in [-0.05, 0) is 24.3 Å². The van der Waals surface area contributed by atoms with Gasteiger partial charge < -0.3 is 5.11 Å². The third-order valence-corrected chi connectivity index (χ3v) is 3.61. The highest BCUT2D eigenvalue weighted by Crippen LogP contribution is 2.21. The lowest BCUT2D eigenvalue weighted by Crippen LogP contribution is -2.03. The Labute approximate surface area is 126 Å². The van der Waals surface area contributed by atoms with E-state index in [0.29, 0.717) is 17.0 Å². The summed E-state index contributed by atoms with van der Waals surface area (Å²) < 4.78 is 0. The van der Waals surface area contributed by atoms with Crippen LogP contribution in [0.1, 0.15) is 54.3 Å². The molecule has 21 heavy (non-hydrogen) atoms. The van der Waals surface area contributed by atoms with Gasteiger partial charge in [-0.2, -0.15) is 0 Å². The number of hydrogen-bond donors (Lipinski definition) is 1. The SMILES string of the molecule is CC(C)CCC(O)c1ccc(C(=O)c2ccccc2)cc1. The second kappa shape index (κ2) is 7.19. The van der Waals surface area contributed by atoms with Crippen molar-refractivity contribution >= 4 is 5.78 Å². The molecule has 1 atom stereocenters. The van der Waals surface area contributed by atoms with Gasteiger partial charge in [-0.15, -0.1) is 0 Å². The number of rotatable bonds is 6. The molecule has 0 amide bonds. The molecule has 2 nitrogen and oxygen atoms in total. The Hall–Kier alpha value is -1.93. The Balaban J connectivity index is 2.07. The maximum absolute atomic E-state index is 12.3. The van der Waals surface area contributed by atoms with Crippen LogP contribution in [0.3, 0.4) is 0 Å². The lowest BCUT2D eigenvalue weighted by Gasteiger charge is -2.13. The average Bonchev–Trinajstić information content (AvgIpc) is 2.53. The van der Waals surface area contributed by atoms with Crippen LogP contribution < -0.4 is 0 Å². The minimum Gasteiger partial charge on any atom is -0.388 e. The molecular weight excluding hydrogens is 260 g/mol. The topological polar surface area (TPSA) is 37.3 Å². The van der Waals surface area contributed by atoms with Crippen molar-refractivity contribution in [1.82, 2.24) is 0 Å². The molecule has 0 aliphatic rings. The standard InChI is InChI=1S/C19H22O2/c1-14(2)8-13-18(20)15-9-11-17(12-10-15)19(21)16-6-4-3-5-7-16/h3-7,9-12,14,18,20H,8,13H2,1-2H3. The van der Waals surface area contributed by atoms with Gasteiger partial charge in [0.2, 0.25) is 0 Å². The lowest BCUT2D eigenvalue weighted by molar-refractivity contribution is 0.103. The summed E-state index contributed by atoms with van der Waals surface area (Å²) in [6.45, 7) is 4.29. The summed E-state index contributed by atoms with van der Waals surface area (Å²) in [6, 6.07) is 16.5.